The summed E-state index contributed by atoms with van der Waals surface area (Å²) in [6.45, 7) is 8.57. The van der Waals surface area contributed by atoms with E-state index in [1.165, 1.54) is 12.1 Å². The molecule has 0 N–H and O–H groups in total. The van der Waals surface area contributed by atoms with Gasteiger partial charge in [0, 0.05) is 11.9 Å². The summed E-state index contributed by atoms with van der Waals surface area (Å²) in [7, 11) is 0. The molecular weight excluding hydrogens is 134 g/mol. The summed E-state index contributed by atoms with van der Waals surface area (Å²) in [5.74, 6) is 0.589. The molecule has 0 aliphatic heterocycles. The quantitative estimate of drug-likeness (QED) is 0.549. The van der Waals surface area contributed by atoms with Crippen LogP contribution < -0.4 is 0 Å². The number of nitrogens with zero attached hydrogens (tertiary/aromatic N) is 1. The van der Waals surface area contributed by atoms with Crippen molar-refractivity contribution in [2.45, 2.75) is 40.5 Å². The van der Waals surface area contributed by atoms with Gasteiger partial charge in [0.25, 0.3) is 0 Å². The highest BCUT2D eigenvalue weighted by molar-refractivity contribution is 5.86. The van der Waals surface area contributed by atoms with E-state index >= 15 is 0 Å². The molecule has 0 rings (SSSR count). The number of hydrogen-bond donors (Lipinski definition) is 0. The Morgan fingerprint density at radius 2 is 2.09 bits per heavy atom. The van der Waals surface area contributed by atoms with E-state index < -0.39 is 0 Å². The first-order chi connectivity index (χ1) is 5.22. The smallest absolute Gasteiger partial charge is 0.0224 e. The van der Waals surface area contributed by atoms with Gasteiger partial charge in [0.1, 0.15) is 0 Å². The minimum atomic E-state index is 0.589. The van der Waals surface area contributed by atoms with Crippen LogP contribution in [0.4, 0.5) is 0 Å². The van der Waals surface area contributed by atoms with E-state index in [0.29, 0.717) is 5.92 Å². The van der Waals surface area contributed by atoms with Crippen LogP contribution in [-0.2, 0) is 0 Å². The minimum Gasteiger partial charge on any atom is -0.266 e. The second-order valence-electron chi connectivity index (χ2n) is 3.01. The molecule has 1 nitrogen and oxygen atoms in total. The van der Waals surface area contributed by atoms with Crippen molar-refractivity contribution in [2.24, 2.45) is 10.9 Å². The predicted molar refractivity (Wildman–Crippen MR) is 52.0 cm³/mol. The molecule has 11 heavy (non-hydrogen) atoms. The van der Waals surface area contributed by atoms with Crippen molar-refractivity contribution in [2.75, 3.05) is 0 Å². The molecule has 0 aromatic carbocycles. The SMILES string of the molecule is C/C=C\N=C(CCC)C(C)C. The first kappa shape index (κ1) is 10.4. The first-order valence-electron chi connectivity index (χ1n) is 4.40. The molecule has 0 amide bonds. The molecule has 1 heteroatoms. The van der Waals surface area contributed by atoms with E-state index in [2.05, 4.69) is 25.8 Å². The summed E-state index contributed by atoms with van der Waals surface area (Å²) in [5, 5.41) is 0. The Labute approximate surface area is 70.2 Å². The normalized spacial score (nSPS) is 13.4. The fraction of sp³-hybridized carbons (Fsp3) is 0.700. The van der Waals surface area contributed by atoms with Gasteiger partial charge in [-0.25, -0.2) is 0 Å². The molecule has 0 heterocycles. The lowest BCUT2D eigenvalue weighted by atomic mass is 10.0. The van der Waals surface area contributed by atoms with Gasteiger partial charge in [0.15, 0.2) is 0 Å². The lowest BCUT2D eigenvalue weighted by Gasteiger charge is -2.06. The number of allylic oxidation sites excluding steroid dienone is 1. The Bertz CT molecular complexity index is 143. The third-order valence-corrected chi connectivity index (χ3v) is 1.56. The van der Waals surface area contributed by atoms with Gasteiger partial charge in [-0.15, -0.1) is 0 Å². The van der Waals surface area contributed by atoms with Crippen molar-refractivity contribution < 1.29 is 0 Å². The Kier molecular flexibility index (Phi) is 5.81. The van der Waals surface area contributed by atoms with E-state index in [0.717, 1.165) is 6.42 Å². The summed E-state index contributed by atoms with van der Waals surface area (Å²) in [5.41, 5.74) is 1.31. The summed E-state index contributed by atoms with van der Waals surface area (Å²) < 4.78 is 0. The van der Waals surface area contributed by atoms with Crippen molar-refractivity contribution in [3.63, 3.8) is 0 Å². The van der Waals surface area contributed by atoms with Gasteiger partial charge in [-0.05, 0) is 19.3 Å². The average Bonchev–Trinajstić information content (AvgIpc) is 1.97. The molecule has 0 aromatic heterocycles. The standard InChI is InChI=1S/C10H19N/c1-5-7-10(9(3)4)11-8-6-2/h6,8-9H,5,7H2,1-4H3/b8-6-,11-10?. The first-order valence-corrected chi connectivity index (χ1v) is 4.40. The van der Waals surface area contributed by atoms with Crippen LogP contribution in [0.3, 0.4) is 0 Å². The fourth-order valence-corrected chi connectivity index (χ4v) is 0.929. The highest BCUT2D eigenvalue weighted by Gasteiger charge is 2.01. The van der Waals surface area contributed by atoms with Crippen LogP contribution in [0.25, 0.3) is 0 Å². The minimum absolute atomic E-state index is 0.589. The van der Waals surface area contributed by atoms with Gasteiger partial charge in [0.05, 0.1) is 0 Å². The van der Waals surface area contributed by atoms with E-state index in [9.17, 15) is 0 Å². The molecule has 0 atom stereocenters. The molecule has 0 fully saturated rings. The molecule has 0 aromatic rings. The van der Waals surface area contributed by atoms with Crippen molar-refractivity contribution in [1.82, 2.24) is 0 Å². The fourth-order valence-electron chi connectivity index (χ4n) is 0.929. The molecule has 64 valence electrons. The van der Waals surface area contributed by atoms with Crippen molar-refractivity contribution in [3.05, 3.63) is 12.3 Å². The van der Waals surface area contributed by atoms with E-state index in [1.807, 2.05) is 19.2 Å². The maximum Gasteiger partial charge on any atom is 0.0224 e. The Morgan fingerprint density at radius 3 is 2.45 bits per heavy atom. The van der Waals surface area contributed by atoms with Gasteiger partial charge in [-0.3, -0.25) is 4.99 Å². The molecule has 0 aliphatic carbocycles. The van der Waals surface area contributed by atoms with Crippen LogP contribution in [0.15, 0.2) is 17.3 Å². The van der Waals surface area contributed by atoms with Crippen LogP contribution in [-0.4, -0.2) is 5.71 Å². The largest absolute Gasteiger partial charge is 0.266 e. The van der Waals surface area contributed by atoms with Crippen molar-refractivity contribution >= 4 is 5.71 Å². The van der Waals surface area contributed by atoms with E-state index in [4.69, 9.17) is 0 Å². The third-order valence-electron chi connectivity index (χ3n) is 1.56. The van der Waals surface area contributed by atoms with Gasteiger partial charge in [-0.1, -0.05) is 33.3 Å². The molecule has 0 saturated heterocycles. The topological polar surface area (TPSA) is 12.4 Å². The van der Waals surface area contributed by atoms with Crippen molar-refractivity contribution in [3.8, 4) is 0 Å². The number of rotatable bonds is 4. The molecule has 0 aliphatic rings. The van der Waals surface area contributed by atoms with Gasteiger partial charge in [-0.2, -0.15) is 0 Å². The Morgan fingerprint density at radius 1 is 1.45 bits per heavy atom. The maximum atomic E-state index is 4.37. The molecule has 0 radical (unpaired) electrons. The Hall–Kier alpha value is -0.590. The van der Waals surface area contributed by atoms with Crippen LogP contribution in [0.1, 0.15) is 40.5 Å². The van der Waals surface area contributed by atoms with Crippen molar-refractivity contribution in [1.29, 1.82) is 0 Å². The van der Waals surface area contributed by atoms with Gasteiger partial charge < -0.3 is 0 Å². The zero-order valence-electron chi connectivity index (χ0n) is 8.09. The molecule has 0 bridgehead atoms. The summed E-state index contributed by atoms with van der Waals surface area (Å²) in [6.07, 6.45) is 6.17. The lowest BCUT2D eigenvalue weighted by molar-refractivity contribution is 0.828. The van der Waals surface area contributed by atoms with E-state index in [-0.39, 0.29) is 0 Å². The highest BCUT2D eigenvalue weighted by Crippen LogP contribution is 2.04. The van der Waals surface area contributed by atoms with Crippen LogP contribution in [0.5, 0.6) is 0 Å². The van der Waals surface area contributed by atoms with Gasteiger partial charge in [0.2, 0.25) is 0 Å². The highest BCUT2D eigenvalue weighted by atomic mass is 14.7. The number of hydrogen-bond acceptors (Lipinski definition) is 1. The average molecular weight is 153 g/mol. The molecule has 0 spiro atoms. The zero-order chi connectivity index (χ0) is 8.69. The summed E-state index contributed by atoms with van der Waals surface area (Å²) in [4.78, 5) is 4.37. The Balaban J connectivity index is 4.08. The second kappa shape index (κ2) is 6.14. The predicted octanol–water partition coefficient (Wildman–Crippen LogP) is 3.42. The molecule has 0 unspecified atom stereocenters. The zero-order valence-corrected chi connectivity index (χ0v) is 8.09. The third kappa shape index (κ3) is 4.77. The van der Waals surface area contributed by atoms with Crippen LogP contribution in [0, 0.1) is 5.92 Å². The summed E-state index contributed by atoms with van der Waals surface area (Å²) in [6, 6.07) is 0. The van der Waals surface area contributed by atoms with Gasteiger partial charge >= 0.3 is 0 Å². The monoisotopic (exact) mass is 153 g/mol. The number of aliphatic imine (C=N–C) groups is 1. The summed E-state index contributed by atoms with van der Waals surface area (Å²) >= 11 is 0. The molecule has 0 saturated carbocycles. The maximum absolute atomic E-state index is 4.37. The molecular formula is C10H19N. The lowest BCUT2D eigenvalue weighted by Crippen LogP contribution is -2.05. The second-order valence-corrected chi connectivity index (χ2v) is 3.01. The van der Waals surface area contributed by atoms with Crippen LogP contribution >= 0.6 is 0 Å². The van der Waals surface area contributed by atoms with Crippen LogP contribution in [0.2, 0.25) is 0 Å². The van der Waals surface area contributed by atoms with E-state index in [1.54, 1.807) is 0 Å².